The van der Waals surface area contributed by atoms with Crippen molar-refractivity contribution in [1.29, 1.82) is 0 Å². The Morgan fingerprint density at radius 2 is 1.89 bits per heavy atom. The maximum absolute atomic E-state index is 10.9. The molecule has 1 fully saturated rings. The minimum atomic E-state index is -0.796. The van der Waals surface area contributed by atoms with Crippen molar-refractivity contribution in [1.82, 2.24) is 0 Å². The Bertz CT molecular complexity index is 424. The molecule has 3 atom stereocenters. The summed E-state index contributed by atoms with van der Waals surface area (Å²) in [5.74, 6) is -0.902. The summed E-state index contributed by atoms with van der Waals surface area (Å²) in [6.45, 7) is 1.70. The largest absolute Gasteiger partial charge is 0.481 e. The van der Waals surface area contributed by atoms with Crippen molar-refractivity contribution < 1.29 is 15.0 Å². The van der Waals surface area contributed by atoms with E-state index < -0.39 is 11.9 Å². The third-order valence-corrected chi connectivity index (χ3v) is 4.22. The number of hydrogen-bond donors (Lipinski definition) is 2. The highest BCUT2D eigenvalue weighted by Gasteiger charge is 2.23. The molecule has 3 nitrogen and oxygen atoms in total. The molecule has 2 rings (SSSR count). The highest BCUT2D eigenvalue weighted by Crippen LogP contribution is 2.28. The molecule has 104 valence electrons. The molecule has 1 aliphatic carbocycles. The van der Waals surface area contributed by atoms with Crippen LogP contribution in [0.1, 0.15) is 49.7 Å². The molecule has 0 heterocycles. The van der Waals surface area contributed by atoms with Gasteiger partial charge in [0.05, 0.1) is 12.0 Å². The molecule has 1 aliphatic rings. The molecule has 2 N–H and O–H groups in total. The third-order valence-electron chi connectivity index (χ3n) is 4.22. The predicted molar refractivity (Wildman–Crippen MR) is 74.2 cm³/mol. The van der Waals surface area contributed by atoms with Gasteiger partial charge in [0.1, 0.15) is 0 Å². The molecule has 0 aromatic heterocycles. The van der Waals surface area contributed by atoms with Gasteiger partial charge in [0, 0.05) is 0 Å². The van der Waals surface area contributed by atoms with Crippen LogP contribution >= 0.6 is 0 Å². The first kappa shape index (κ1) is 14.1. The molecule has 3 heteroatoms. The molecule has 0 saturated heterocycles. The van der Waals surface area contributed by atoms with Gasteiger partial charge >= 0.3 is 5.97 Å². The van der Waals surface area contributed by atoms with Crippen molar-refractivity contribution in [3.8, 4) is 0 Å². The van der Waals surface area contributed by atoms with E-state index in [1.54, 1.807) is 6.92 Å². The first-order chi connectivity index (χ1) is 9.08. The number of aliphatic carboxylic acids is 1. The van der Waals surface area contributed by atoms with Gasteiger partial charge in [-0.1, -0.05) is 37.1 Å². The zero-order valence-corrected chi connectivity index (χ0v) is 11.4. The molecular formula is C16H22O3. The van der Waals surface area contributed by atoms with E-state index in [9.17, 15) is 9.90 Å². The molecule has 1 aromatic carbocycles. The van der Waals surface area contributed by atoms with Gasteiger partial charge < -0.3 is 10.2 Å². The SMILES string of the molecule is C[C@H](C(=O)O)c1ccc(C[C@H]2CCCC[C@@H]2O)cc1. The second-order valence-electron chi connectivity index (χ2n) is 5.62. The van der Waals surface area contributed by atoms with E-state index in [4.69, 9.17) is 5.11 Å². The fraction of sp³-hybridized carbons (Fsp3) is 0.562. The van der Waals surface area contributed by atoms with Gasteiger partial charge in [-0.15, -0.1) is 0 Å². The lowest BCUT2D eigenvalue weighted by molar-refractivity contribution is -0.138. The first-order valence-corrected chi connectivity index (χ1v) is 7.07. The zero-order valence-electron chi connectivity index (χ0n) is 11.4. The summed E-state index contributed by atoms with van der Waals surface area (Å²) < 4.78 is 0. The van der Waals surface area contributed by atoms with Gasteiger partial charge in [-0.3, -0.25) is 4.79 Å². The first-order valence-electron chi connectivity index (χ1n) is 7.07. The number of benzene rings is 1. The minimum absolute atomic E-state index is 0.175. The Morgan fingerprint density at radius 3 is 2.47 bits per heavy atom. The van der Waals surface area contributed by atoms with E-state index in [-0.39, 0.29) is 6.10 Å². The lowest BCUT2D eigenvalue weighted by atomic mass is 9.82. The molecule has 1 aromatic rings. The van der Waals surface area contributed by atoms with E-state index >= 15 is 0 Å². The topological polar surface area (TPSA) is 57.5 Å². The molecular weight excluding hydrogens is 240 g/mol. The minimum Gasteiger partial charge on any atom is -0.481 e. The molecule has 0 unspecified atom stereocenters. The Morgan fingerprint density at radius 1 is 1.26 bits per heavy atom. The Labute approximate surface area is 114 Å². The van der Waals surface area contributed by atoms with Gasteiger partial charge in [-0.05, 0) is 43.2 Å². The fourth-order valence-electron chi connectivity index (χ4n) is 2.81. The number of hydrogen-bond acceptors (Lipinski definition) is 2. The normalized spacial score (nSPS) is 24.9. The number of carbonyl (C=O) groups is 1. The van der Waals surface area contributed by atoms with Crippen molar-refractivity contribution in [2.45, 2.75) is 51.0 Å². The monoisotopic (exact) mass is 262 g/mol. The Balaban J connectivity index is 2.00. The summed E-state index contributed by atoms with van der Waals surface area (Å²) >= 11 is 0. The van der Waals surface area contributed by atoms with Gasteiger partial charge in [0.2, 0.25) is 0 Å². The molecule has 0 radical (unpaired) electrons. The van der Waals surface area contributed by atoms with Gasteiger partial charge in [0.15, 0.2) is 0 Å². The highest BCUT2D eigenvalue weighted by atomic mass is 16.4. The van der Waals surface area contributed by atoms with Gasteiger partial charge in [-0.25, -0.2) is 0 Å². The van der Waals surface area contributed by atoms with Crippen LogP contribution in [0.25, 0.3) is 0 Å². The molecule has 0 bridgehead atoms. The van der Waals surface area contributed by atoms with Crippen LogP contribution in [0.4, 0.5) is 0 Å². The third kappa shape index (κ3) is 3.57. The molecule has 0 spiro atoms. The maximum Gasteiger partial charge on any atom is 0.310 e. The van der Waals surface area contributed by atoms with E-state index in [0.29, 0.717) is 5.92 Å². The van der Waals surface area contributed by atoms with Crippen LogP contribution in [-0.2, 0) is 11.2 Å². The summed E-state index contributed by atoms with van der Waals surface area (Å²) in [4.78, 5) is 10.9. The smallest absolute Gasteiger partial charge is 0.310 e. The summed E-state index contributed by atoms with van der Waals surface area (Å²) in [5.41, 5.74) is 2.02. The summed E-state index contributed by atoms with van der Waals surface area (Å²) in [6.07, 6.45) is 5.06. The number of carboxylic acid groups (broad SMARTS) is 1. The maximum atomic E-state index is 10.9. The van der Waals surface area contributed by atoms with Crippen LogP contribution in [0.5, 0.6) is 0 Å². The molecule has 19 heavy (non-hydrogen) atoms. The lowest BCUT2D eigenvalue weighted by Gasteiger charge is -2.27. The number of aliphatic hydroxyl groups is 1. The zero-order chi connectivity index (χ0) is 13.8. The van der Waals surface area contributed by atoms with Crippen molar-refractivity contribution in [2.24, 2.45) is 5.92 Å². The van der Waals surface area contributed by atoms with Crippen LogP contribution in [0.15, 0.2) is 24.3 Å². The predicted octanol–water partition coefficient (Wildman–Crippen LogP) is 2.97. The average molecular weight is 262 g/mol. The Kier molecular flexibility index (Phi) is 4.59. The van der Waals surface area contributed by atoms with Crippen molar-refractivity contribution in [2.75, 3.05) is 0 Å². The fourth-order valence-corrected chi connectivity index (χ4v) is 2.81. The number of aliphatic hydroxyl groups excluding tert-OH is 1. The number of carboxylic acids is 1. The van der Waals surface area contributed by atoms with Crippen LogP contribution in [-0.4, -0.2) is 22.3 Å². The highest BCUT2D eigenvalue weighted by molar-refractivity contribution is 5.75. The summed E-state index contributed by atoms with van der Waals surface area (Å²) in [5, 5.41) is 18.9. The van der Waals surface area contributed by atoms with Crippen molar-refractivity contribution in [3.63, 3.8) is 0 Å². The molecule has 1 saturated carbocycles. The summed E-state index contributed by atoms with van der Waals surface area (Å²) in [6, 6.07) is 7.78. The van der Waals surface area contributed by atoms with Crippen molar-refractivity contribution in [3.05, 3.63) is 35.4 Å². The van der Waals surface area contributed by atoms with E-state index in [0.717, 1.165) is 31.2 Å². The van der Waals surface area contributed by atoms with Crippen molar-refractivity contribution >= 4 is 5.97 Å². The van der Waals surface area contributed by atoms with E-state index in [1.165, 1.54) is 12.0 Å². The van der Waals surface area contributed by atoms with Crippen LogP contribution in [0, 0.1) is 5.92 Å². The van der Waals surface area contributed by atoms with Gasteiger partial charge in [0.25, 0.3) is 0 Å². The van der Waals surface area contributed by atoms with Crippen LogP contribution in [0.3, 0.4) is 0 Å². The average Bonchev–Trinajstić information content (AvgIpc) is 2.41. The second kappa shape index (κ2) is 6.20. The van der Waals surface area contributed by atoms with E-state index in [1.807, 2.05) is 24.3 Å². The molecule has 0 aliphatic heterocycles. The molecule has 0 amide bonds. The number of rotatable bonds is 4. The van der Waals surface area contributed by atoms with Crippen LogP contribution < -0.4 is 0 Å². The van der Waals surface area contributed by atoms with Crippen LogP contribution in [0.2, 0.25) is 0 Å². The van der Waals surface area contributed by atoms with Gasteiger partial charge in [-0.2, -0.15) is 0 Å². The summed E-state index contributed by atoms with van der Waals surface area (Å²) in [7, 11) is 0. The quantitative estimate of drug-likeness (QED) is 0.877. The van der Waals surface area contributed by atoms with E-state index in [2.05, 4.69) is 0 Å². The second-order valence-corrected chi connectivity index (χ2v) is 5.62. The standard InChI is InChI=1S/C16H22O3/c1-11(16(18)19)13-8-6-12(7-9-13)10-14-4-2-3-5-15(14)17/h6-9,11,14-15,17H,2-5,10H2,1H3,(H,18,19)/t11-,14+,15-/m0/s1. The lowest BCUT2D eigenvalue weighted by Crippen LogP contribution is -2.26. The Hall–Kier alpha value is -1.35.